The minimum atomic E-state index is -0.132. The third-order valence-electron chi connectivity index (χ3n) is 3.58. The normalized spacial score (nSPS) is 15.8. The fraction of sp³-hybridized carbons (Fsp3) is 0.111. The molecule has 0 saturated carbocycles. The molecule has 2 aromatic carbocycles. The van der Waals surface area contributed by atoms with Gasteiger partial charge >= 0.3 is 0 Å². The van der Waals surface area contributed by atoms with E-state index in [1.807, 2.05) is 36.4 Å². The summed E-state index contributed by atoms with van der Waals surface area (Å²) in [4.78, 5) is 14.9. The van der Waals surface area contributed by atoms with Gasteiger partial charge in [0.25, 0.3) is 5.91 Å². The van der Waals surface area contributed by atoms with Crippen LogP contribution >= 0.6 is 39.9 Å². The van der Waals surface area contributed by atoms with Crippen molar-refractivity contribution in [2.75, 3.05) is 19.1 Å². The van der Waals surface area contributed by atoms with Gasteiger partial charge in [-0.3, -0.25) is 9.69 Å². The molecule has 0 N–H and O–H groups in total. The van der Waals surface area contributed by atoms with Gasteiger partial charge < -0.3 is 9.47 Å². The number of carbonyl (C=O) groups excluding carboxylic acids is 1. The van der Waals surface area contributed by atoms with Gasteiger partial charge in [0.2, 0.25) is 0 Å². The lowest BCUT2D eigenvalue weighted by atomic mass is 10.2. The maximum atomic E-state index is 12.8. The van der Waals surface area contributed by atoms with Crippen LogP contribution in [0.25, 0.3) is 6.08 Å². The second-order valence-electron chi connectivity index (χ2n) is 5.11. The zero-order valence-electron chi connectivity index (χ0n) is 13.5. The number of hydrogen-bond acceptors (Lipinski definition) is 5. The Morgan fingerprint density at radius 2 is 1.76 bits per heavy atom. The molecule has 1 amide bonds. The topological polar surface area (TPSA) is 38.8 Å². The number of halogens is 1. The summed E-state index contributed by atoms with van der Waals surface area (Å²) in [6, 6.07) is 13.0. The van der Waals surface area contributed by atoms with Gasteiger partial charge in [-0.25, -0.2) is 0 Å². The van der Waals surface area contributed by atoms with Crippen molar-refractivity contribution in [2.45, 2.75) is 0 Å². The first kappa shape index (κ1) is 18.0. The van der Waals surface area contributed by atoms with Crippen molar-refractivity contribution < 1.29 is 14.3 Å². The van der Waals surface area contributed by atoms with Crippen LogP contribution in [0.5, 0.6) is 11.5 Å². The van der Waals surface area contributed by atoms with E-state index in [0.717, 1.165) is 15.7 Å². The number of rotatable bonds is 4. The number of amides is 1. The number of thioether (sulfide) groups is 1. The summed E-state index contributed by atoms with van der Waals surface area (Å²) in [6.45, 7) is 0. The van der Waals surface area contributed by atoms with Gasteiger partial charge in [-0.15, -0.1) is 0 Å². The minimum absolute atomic E-state index is 0.132. The first-order chi connectivity index (χ1) is 12.0. The highest BCUT2D eigenvalue weighted by Crippen LogP contribution is 2.37. The standard InChI is InChI=1S/C18H14BrNO3S2/c1-22-14-8-3-11(9-15(14)23-2)10-16-17(21)20(18(24)25-16)13-6-4-12(19)5-7-13/h3-10H,1-2H3. The Kier molecular flexibility index (Phi) is 5.46. The zero-order chi connectivity index (χ0) is 18.0. The third kappa shape index (κ3) is 3.73. The van der Waals surface area contributed by atoms with Gasteiger partial charge in [-0.1, -0.05) is 46.0 Å². The van der Waals surface area contributed by atoms with Crippen molar-refractivity contribution in [1.29, 1.82) is 0 Å². The third-order valence-corrected chi connectivity index (χ3v) is 5.41. The highest BCUT2D eigenvalue weighted by Gasteiger charge is 2.33. The Bertz CT molecular complexity index is 865. The van der Waals surface area contributed by atoms with Gasteiger partial charge in [0.15, 0.2) is 15.8 Å². The Morgan fingerprint density at radius 1 is 1.08 bits per heavy atom. The van der Waals surface area contributed by atoms with E-state index in [1.54, 1.807) is 31.3 Å². The van der Waals surface area contributed by atoms with E-state index in [2.05, 4.69) is 15.9 Å². The molecule has 3 rings (SSSR count). The largest absolute Gasteiger partial charge is 0.493 e. The molecule has 0 atom stereocenters. The summed E-state index contributed by atoms with van der Waals surface area (Å²) in [5.41, 5.74) is 1.59. The molecule has 128 valence electrons. The monoisotopic (exact) mass is 435 g/mol. The van der Waals surface area contributed by atoms with Crippen molar-refractivity contribution in [3.63, 3.8) is 0 Å². The quantitative estimate of drug-likeness (QED) is 0.505. The summed E-state index contributed by atoms with van der Waals surface area (Å²) >= 11 is 10.1. The summed E-state index contributed by atoms with van der Waals surface area (Å²) in [7, 11) is 3.16. The first-order valence-corrected chi connectivity index (χ1v) is 9.31. The summed E-state index contributed by atoms with van der Waals surface area (Å²) < 4.78 is 12.0. The van der Waals surface area contributed by atoms with Crippen LogP contribution in [-0.4, -0.2) is 24.4 Å². The Balaban J connectivity index is 1.91. The number of thiocarbonyl (C=S) groups is 1. The van der Waals surface area contributed by atoms with Gasteiger partial charge in [0, 0.05) is 4.47 Å². The number of nitrogens with zero attached hydrogens (tertiary/aromatic N) is 1. The van der Waals surface area contributed by atoms with Crippen LogP contribution in [0.15, 0.2) is 51.8 Å². The Hall–Kier alpha value is -1.83. The lowest BCUT2D eigenvalue weighted by Gasteiger charge is -2.14. The number of anilines is 1. The molecule has 1 fully saturated rings. The highest BCUT2D eigenvalue weighted by atomic mass is 79.9. The molecule has 1 aliphatic rings. The van der Waals surface area contributed by atoms with Gasteiger partial charge in [-0.05, 0) is 48.0 Å². The Morgan fingerprint density at radius 3 is 2.40 bits per heavy atom. The number of benzene rings is 2. The minimum Gasteiger partial charge on any atom is -0.493 e. The summed E-state index contributed by atoms with van der Waals surface area (Å²) in [5.74, 6) is 1.12. The molecule has 1 aliphatic heterocycles. The molecule has 0 spiro atoms. The molecule has 0 bridgehead atoms. The van der Waals surface area contributed by atoms with E-state index in [-0.39, 0.29) is 5.91 Å². The lowest BCUT2D eigenvalue weighted by Crippen LogP contribution is -2.27. The average molecular weight is 436 g/mol. The highest BCUT2D eigenvalue weighted by molar-refractivity contribution is 9.10. The molecule has 0 radical (unpaired) electrons. The zero-order valence-corrected chi connectivity index (χ0v) is 16.7. The fourth-order valence-corrected chi connectivity index (χ4v) is 3.94. The van der Waals surface area contributed by atoms with E-state index < -0.39 is 0 Å². The van der Waals surface area contributed by atoms with Crippen LogP contribution in [0, 0.1) is 0 Å². The van der Waals surface area contributed by atoms with Crippen molar-refractivity contribution in [3.05, 3.63) is 57.4 Å². The van der Waals surface area contributed by atoms with Crippen LogP contribution in [0.1, 0.15) is 5.56 Å². The predicted molar refractivity (Wildman–Crippen MR) is 109 cm³/mol. The number of hydrogen-bond donors (Lipinski definition) is 0. The SMILES string of the molecule is COc1ccc(C=C2SC(=S)N(c3ccc(Br)cc3)C2=O)cc1OC. The van der Waals surface area contributed by atoms with Crippen LogP contribution in [-0.2, 0) is 4.79 Å². The van der Waals surface area contributed by atoms with Crippen LogP contribution < -0.4 is 14.4 Å². The average Bonchev–Trinajstić information content (AvgIpc) is 2.89. The van der Waals surface area contributed by atoms with Crippen molar-refractivity contribution in [3.8, 4) is 11.5 Å². The van der Waals surface area contributed by atoms with E-state index in [9.17, 15) is 4.79 Å². The number of ether oxygens (including phenoxy) is 2. The van der Waals surface area contributed by atoms with E-state index in [1.165, 1.54) is 11.8 Å². The lowest BCUT2D eigenvalue weighted by molar-refractivity contribution is -0.113. The molecule has 0 aromatic heterocycles. The molecule has 1 heterocycles. The first-order valence-electron chi connectivity index (χ1n) is 7.29. The summed E-state index contributed by atoms with van der Waals surface area (Å²) in [5, 5.41) is 0. The molecule has 2 aromatic rings. The Labute approximate surface area is 163 Å². The second-order valence-corrected chi connectivity index (χ2v) is 7.70. The van der Waals surface area contributed by atoms with Crippen LogP contribution in [0.4, 0.5) is 5.69 Å². The van der Waals surface area contributed by atoms with Gasteiger partial charge in [0.05, 0.1) is 24.8 Å². The van der Waals surface area contributed by atoms with Crippen LogP contribution in [0.3, 0.4) is 0 Å². The molecule has 25 heavy (non-hydrogen) atoms. The molecule has 0 unspecified atom stereocenters. The van der Waals surface area contributed by atoms with Gasteiger partial charge in [0.1, 0.15) is 0 Å². The smallest absolute Gasteiger partial charge is 0.270 e. The van der Waals surface area contributed by atoms with E-state index >= 15 is 0 Å². The summed E-state index contributed by atoms with van der Waals surface area (Å²) in [6.07, 6.45) is 1.81. The maximum absolute atomic E-state index is 12.8. The van der Waals surface area contributed by atoms with Gasteiger partial charge in [-0.2, -0.15) is 0 Å². The van der Waals surface area contributed by atoms with Crippen LogP contribution in [0.2, 0.25) is 0 Å². The maximum Gasteiger partial charge on any atom is 0.270 e. The molecule has 7 heteroatoms. The van der Waals surface area contributed by atoms with E-state index in [0.29, 0.717) is 20.7 Å². The molecule has 4 nitrogen and oxygen atoms in total. The number of methoxy groups -OCH3 is 2. The fourth-order valence-electron chi connectivity index (χ4n) is 2.37. The van der Waals surface area contributed by atoms with Crippen molar-refractivity contribution in [2.24, 2.45) is 0 Å². The predicted octanol–water partition coefficient (Wildman–Crippen LogP) is 4.87. The van der Waals surface area contributed by atoms with Crippen molar-refractivity contribution in [1.82, 2.24) is 0 Å². The molecule has 0 aliphatic carbocycles. The second kappa shape index (κ2) is 7.59. The van der Waals surface area contributed by atoms with E-state index in [4.69, 9.17) is 21.7 Å². The van der Waals surface area contributed by atoms with Crippen molar-refractivity contribution >= 4 is 61.9 Å². The number of carbonyl (C=O) groups is 1. The molecular weight excluding hydrogens is 422 g/mol. The molecular formula is C18H14BrNO3S2. The molecule has 1 saturated heterocycles.